The summed E-state index contributed by atoms with van der Waals surface area (Å²) in [5.41, 5.74) is 0.500. The van der Waals surface area contributed by atoms with Crippen molar-refractivity contribution < 1.29 is 18.9 Å². The Balaban J connectivity index is 1.90. The van der Waals surface area contributed by atoms with E-state index < -0.39 is 22.6 Å². The van der Waals surface area contributed by atoms with E-state index in [2.05, 4.69) is 10.6 Å². The van der Waals surface area contributed by atoms with Crippen LogP contribution in [0.3, 0.4) is 0 Å². The van der Waals surface area contributed by atoms with Gasteiger partial charge in [0.15, 0.2) is 0 Å². The van der Waals surface area contributed by atoms with Crippen molar-refractivity contribution in [3.05, 3.63) is 64.0 Å². The van der Waals surface area contributed by atoms with Crippen molar-refractivity contribution in [2.24, 2.45) is 0 Å². The molecular weight excluding hydrogens is 317 g/mol. The number of carbonyl (C=O) groups is 2. The molecule has 0 saturated heterocycles. The number of nitrogens with zero attached hydrogens (tertiary/aromatic N) is 1. The fourth-order valence-electron chi connectivity index (χ4n) is 2.59. The van der Waals surface area contributed by atoms with Crippen molar-refractivity contribution in [3.63, 3.8) is 0 Å². The molecule has 1 unspecified atom stereocenters. The molecule has 2 N–H and O–H groups in total. The maximum Gasteiger partial charge on any atom is 0.271 e. The number of fused-ring (bicyclic) bond motifs is 1. The number of carbonyl (C=O) groups excluding carboxylic acids is 2. The number of para-hydroxylation sites is 1. The number of hydrogen-bond acceptors (Lipinski definition) is 4. The molecule has 2 aromatic rings. The van der Waals surface area contributed by atoms with E-state index in [9.17, 15) is 24.1 Å². The third kappa shape index (κ3) is 2.94. The van der Waals surface area contributed by atoms with Gasteiger partial charge in [0, 0.05) is 24.2 Å². The number of benzene rings is 2. The second kappa shape index (κ2) is 6.07. The van der Waals surface area contributed by atoms with E-state index in [1.807, 2.05) is 0 Å². The zero-order valence-corrected chi connectivity index (χ0v) is 12.3. The smallest absolute Gasteiger partial charge is 0.271 e. The summed E-state index contributed by atoms with van der Waals surface area (Å²) in [6.07, 6.45) is -0.0839. The molecule has 0 spiro atoms. The predicted molar refractivity (Wildman–Crippen MR) is 84.1 cm³/mol. The van der Waals surface area contributed by atoms with E-state index in [1.165, 1.54) is 0 Å². The lowest BCUT2D eigenvalue weighted by atomic mass is 9.90. The minimum absolute atomic E-state index is 0.0839. The van der Waals surface area contributed by atoms with Crippen molar-refractivity contribution in [2.75, 3.05) is 10.6 Å². The molecule has 3 rings (SSSR count). The first-order valence-electron chi connectivity index (χ1n) is 7.09. The summed E-state index contributed by atoms with van der Waals surface area (Å²) in [6, 6.07) is 9.68. The number of hydrogen-bond donors (Lipinski definition) is 2. The molecule has 1 aliphatic heterocycles. The van der Waals surface area contributed by atoms with Gasteiger partial charge in [0.2, 0.25) is 11.8 Å². The van der Waals surface area contributed by atoms with Crippen LogP contribution in [-0.4, -0.2) is 16.7 Å². The van der Waals surface area contributed by atoms with E-state index in [0.717, 1.165) is 18.2 Å². The van der Waals surface area contributed by atoms with Gasteiger partial charge in [-0.3, -0.25) is 19.7 Å². The number of non-ortho nitro benzene ring substituents is 1. The second-order valence-corrected chi connectivity index (χ2v) is 5.30. The van der Waals surface area contributed by atoms with Crippen LogP contribution in [0.1, 0.15) is 17.9 Å². The molecular formula is C16H12FN3O4. The van der Waals surface area contributed by atoms with Crippen molar-refractivity contribution in [2.45, 2.75) is 12.3 Å². The van der Waals surface area contributed by atoms with Crippen molar-refractivity contribution in [1.29, 1.82) is 0 Å². The monoisotopic (exact) mass is 329 g/mol. The van der Waals surface area contributed by atoms with E-state index >= 15 is 0 Å². The molecule has 1 atom stereocenters. The lowest BCUT2D eigenvalue weighted by Gasteiger charge is -2.24. The Hall–Kier alpha value is -3.29. The Morgan fingerprint density at radius 3 is 2.79 bits per heavy atom. The Labute approximate surface area is 135 Å². The van der Waals surface area contributed by atoms with Crippen LogP contribution in [0.25, 0.3) is 0 Å². The molecule has 0 fully saturated rings. The Bertz CT molecular complexity index is 853. The maximum absolute atomic E-state index is 13.8. The summed E-state index contributed by atoms with van der Waals surface area (Å²) in [4.78, 5) is 34.3. The van der Waals surface area contributed by atoms with E-state index in [0.29, 0.717) is 11.3 Å². The van der Waals surface area contributed by atoms with Crippen LogP contribution in [0.15, 0.2) is 42.5 Å². The first kappa shape index (κ1) is 15.6. The highest BCUT2D eigenvalue weighted by molar-refractivity contribution is 6.05. The van der Waals surface area contributed by atoms with Crippen LogP contribution in [0.2, 0.25) is 0 Å². The van der Waals surface area contributed by atoms with Crippen molar-refractivity contribution in [1.82, 2.24) is 0 Å². The molecule has 122 valence electrons. The molecule has 0 saturated carbocycles. The third-order valence-electron chi connectivity index (χ3n) is 3.73. The van der Waals surface area contributed by atoms with Gasteiger partial charge >= 0.3 is 0 Å². The van der Waals surface area contributed by atoms with Gasteiger partial charge < -0.3 is 10.6 Å². The predicted octanol–water partition coefficient (Wildman–Crippen LogP) is 2.80. The first-order valence-corrected chi connectivity index (χ1v) is 7.09. The third-order valence-corrected chi connectivity index (χ3v) is 3.73. The number of rotatable bonds is 3. The van der Waals surface area contributed by atoms with Gasteiger partial charge in [-0.15, -0.1) is 0 Å². The Morgan fingerprint density at radius 1 is 1.29 bits per heavy atom. The number of nitro benzene ring substituents is 1. The van der Waals surface area contributed by atoms with Crippen LogP contribution < -0.4 is 10.6 Å². The van der Waals surface area contributed by atoms with Gasteiger partial charge in [0.05, 0.1) is 16.5 Å². The molecule has 7 nitrogen and oxygen atoms in total. The molecule has 2 amide bonds. The summed E-state index contributed by atoms with van der Waals surface area (Å²) in [5, 5.41) is 15.8. The Kier molecular flexibility index (Phi) is 3.95. The highest BCUT2D eigenvalue weighted by Crippen LogP contribution is 2.33. The molecule has 24 heavy (non-hydrogen) atoms. The summed E-state index contributed by atoms with van der Waals surface area (Å²) in [5.74, 6) is -2.51. The second-order valence-electron chi connectivity index (χ2n) is 5.30. The van der Waals surface area contributed by atoms with Crippen LogP contribution >= 0.6 is 0 Å². The number of amides is 2. The van der Waals surface area contributed by atoms with Crippen LogP contribution in [0.4, 0.5) is 21.5 Å². The molecule has 1 heterocycles. The minimum atomic E-state index is -0.798. The average Bonchev–Trinajstić information content (AvgIpc) is 2.55. The van der Waals surface area contributed by atoms with Gasteiger partial charge in [-0.2, -0.15) is 0 Å². The number of nitrogens with one attached hydrogen (secondary N) is 2. The van der Waals surface area contributed by atoms with Gasteiger partial charge in [-0.25, -0.2) is 4.39 Å². The van der Waals surface area contributed by atoms with Crippen molar-refractivity contribution >= 4 is 28.9 Å². The van der Waals surface area contributed by atoms with Crippen LogP contribution in [0.5, 0.6) is 0 Å². The number of halogens is 1. The van der Waals surface area contributed by atoms with Crippen LogP contribution in [-0.2, 0) is 9.59 Å². The highest BCUT2D eigenvalue weighted by atomic mass is 19.1. The largest absolute Gasteiger partial charge is 0.326 e. The minimum Gasteiger partial charge on any atom is -0.326 e. The molecule has 0 aromatic heterocycles. The zero-order valence-electron chi connectivity index (χ0n) is 12.3. The highest BCUT2D eigenvalue weighted by Gasteiger charge is 2.31. The van der Waals surface area contributed by atoms with Gasteiger partial charge in [0.25, 0.3) is 5.69 Å². The normalized spacial score (nSPS) is 16.0. The fourth-order valence-corrected chi connectivity index (χ4v) is 2.59. The van der Waals surface area contributed by atoms with Crippen molar-refractivity contribution in [3.8, 4) is 0 Å². The van der Waals surface area contributed by atoms with E-state index in [-0.39, 0.29) is 23.7 Å². The molecule has 0 radical (unpaired) electrons. The zero-order chi connectivity index (χ0) is 17.3. The van der Waals surface area contributed by atoms with Gasteiger partial charge in [-0.1, -0.05) is 18.2 Å². The molecule has 0 bridgehead atoms. The van der Waals surface area contributed by atoms with Gasteiger partial charge in [0.1, 0.15) is 5.82 Å². The summed E-state index contributed by atoms with van der Waals surface area (Å²) >= 11 is 0. The fraction of sp³-hybridized carbons (Fsp3) is 0.125. The summed E-state index contributed by atoms with van der Waals surface area (Å²) in [6.45, 7) is 0. The van der Waals surface area contributed by atoms with E-state index in [4.69, 9.17) is 0 Å². The summed E-state index contributed by atoms with van der Waals surface area (Å²) < 4.78 is 13.8. The molecule has 1 aliphatic rings. The topological polar surface area (TPSA) is 101 Å². The molecule has 8 heteroatoms. The average molecular weight is 329 g/mol. The SMILES string of the molecule is O=C1CC(C(=O)Nc2cc([N+](=O)[O-])ccc2F)c2ccccc2N1. The molecule has 2 aromatic carbocycles. The van der Waals surface area contributed by atoms with Gasteiger partial charge in [-0.05, 0) is 17.7 Å². The quantitative estimate of drug-likeness (QED) is 0.668. The first-order chi connectivity index (χ1) is 11.5. The lowest BCUT2D eigenvalue weighted by molar-refractivity contribution is -0.384. The summed E-state index contributed by atoms with van der Waals surface area (Å²) in [7, 11) is 0. The van der Waals surface area contributed by atoms with E-state index in [1.54, 1.807) is 24.3 Å². The molecule has 0 aliphatic carbocycles. The number of anilines is 2. The standard InChI is InChI=1S/C16H12FN3O4/c17-12-6-5-9(20(23)24)7-14(12)19-16(22)11-8-15(21)18-13-4-2-1-3-10(11)13/h1-7,11H,8H2,(H,18,21)(H,19,22). The Morgan fingerprint density at radius 2 is 2.04 bits per heavy atom. The lowest BCUT2D eigenvalue weighted by Crippen LogP contribution is -2.31. The van der Waals surface area contributed by atoms with Crippen LogP contribution in [0, 0.1) is 15.9 Å². The maximum atomic E-state index is 13.8. The number of nitro groups is 1.